The van der Waals surface area contributed by atoms with Gasteiger partial charge in [-0.2, -0.15) is 0 Å². The van der Waals surface area contributed by atoms with E-state index in [9.17, 15) is 4.79 Å². The van der Waals surface area contributed by atoms with Crippen LogP contribution in [0.2, 0.25) is 5.22 Å². The van der Waals surface area contributed by atoms with Gasteiger partial charge in [-0.15, -0.1) is 0 Å². The second-order valence-corrected chi connectivity index (χ2v) is 4.10. The molecule has 0 saturated heterocycles. The quantitative estimate of drug-likeness (QED) is 0.893. The number of anilines is 1. The molecule has 5 heteroatoms. The molecule has 0 spiro atoms. The lowest BCUT2D eigenvalue weighted by Crippen LogP contribution is -2.10. The summed E-state index contributed by atoms with van der Waals surface area (Å²) in [6.07, 6.45) is 0.599. The molecule has 2 rings (SSSR count). The van der Waals surface area contributed by atoms with Crippen LogP contribution < -0.4 is 5.32 Å². The number of benzene rings is 1. The summed E-state index contributed by atoms with van der Waals surface area (Å²) in [7, 11) is 0. The van der Waals surface area contributed by atoms with E-state index in [1.54, 1.807) is 12.1 Å². The van der Waals surface area contributed by atoms with Gasteiger partial charge in [0, 0.05) is 12.3 Å². The van der Waals surface area contributed by atoms with Gasteiger partial charge in [-0.05, 0) is 47.9 Å². The maximum absolute atomic E-state index is 11.7. The average Bonchev–Trinajstić information content (AvgIpc) is 2.79. The molecule has 1 aromatic heterocycles. The highest BCUT2D eigenvalue weighted by Gasteiger charge is 2.10. The maximum Gasteiger partial charge on any atom is 0.291 e. The van der Waals surface area contributed by atoms with Crippen molar-refractivity contribution in [1.82, 2.24) is 0 Å². The zero-order valence-electron chi connectivity index (χ0n) is 9.52. The van der Waals surface area contributed by atoms with Crippen molar-refractivity contribution in [1.29, 1.82) is 0 Å². The van der Waals surface area contributed by atoms with Gasteiger partial charge in [0.2, 0.25) is 0 Å². The van der Waals surface area contributed by atoms with E-state index in [0.717, 1.165) is 5.56 Å². The van der Waals surface area contributed by atoms with E-state index in [1.165, 1.54) is 12.1 Å². The molecule has 1 amide bonds. The molecule has 0 radical (unpaired) electrons. The van der Waals surface area contributed by atoms with Crippen LogP contribution in [-0.2, 0) is 6.42 Å². The molecular formula is C13H12ClNO3. The smallest absolute Gasteiger partial charge is 0.291 e. The van der Waals surface area contributed by atoms with Crippen molar-refractivity contribution in [2.45, 2.75) is 6.42 Å². The largest absolute Gasteiger partial charge is 0.440 e. The highest BCUT2D eigenvalue weighted by Crippen LogP contribution is 2.16. The average molecular weight is 266 g/mol. The number of rotatable bonds is 4. The number of hydrogen-bond acceptors (Lipinski definition) is 3. The van der Waals surface area contributed by atoms with E-state index in [2.05, 4.69) is 5.32 Å². The number of amides is 1. The summed E-state index contributed by atoms with van der Waals surface area (Å²) in [5.41, 5.74) is 1.67. The van der Waals surface area contributed by atoms with Crippen molar-refractivity contribution >= 4 is 23.2 Å². The van der Waals surface area contributed by atoms with Gasteiger partial charge >= 0.3 is 0 Å². The number of aliphatic hydroxyl groups excluding tert-OH is 1. The van der Waals surface area contributed by atoms with Crippen LogP contribution in [-0.4, -0.2) is 17.6 Å². The number of carbonyl (C=O) groups excluding carboxylic acids is 1. The molecule has 0 atom stereocenters. The summed E-state index contributed by atoms with van der Waals surface area (Å²) in [5.74, 6) is -0.184. The Balaban J connectivity index is 2.03. The summed E-state index contributed by atoms with van der Waals surface area (Å²) < 4.78 is 5.00. The van der Waals surface area contributed by atoms with Crippen LogP contribution in [0.25, 0.3) is 0 Å². The Morgan fingerprint density at radius 3 is 2.50 bits per heavy atom. The van der Waals surface area contributed by atoms with Gasteiger partial charge in [0.25, 0.3) is 5.91 Å². The second-order valence-electron chi connectivity index (χ2n) is 3.73. The van der Waals surface area contributed by atoms with Crippen LogP contribution >= 0.6 is 11.6 Å². The molecule has 0 saturated carbocycles. The monoisotopic (exact) mass is 265 g/mol. The zero-order chi connectivity index (χ0) is 13.0. The van der Waals surface area contributed by atoms with Crippen molar-refractivity contribution < 1.29 is 14.3 Å². The fourth-order valence-electron chi connectivity index (χ4n) is 1.51. The number of aliphatic hydroxyl groups is 1. The first kappa shape index (κ1) is 12.7. The Kier molecular flexibility index (Phi) is 4.02. The molecule has 0 fully saturated rings. The standard InChI is InChI=1S/C13H12ClNO3/c14-12-6-5-11(18-12)13(17)15-10-3-1-9(2-4-10)7-8-16/h1-6,16H,7-8H2,(H,15,17). The fraction of sp³-hybridized carbons (Fsp3) is 0.154. The van der Waals surface area contributed by atoms with Crippen LogP contribution in [0.1, 0.15) is 16.1 Å². The van der Waals surface area contributed by atoms with Gasteiger partial charge in [-0.3, -0.25) is 4.79 Å². The van der Waals surface area contributed by atoms with Crippen molar-refractivity contribution in [3.63, 3.8) is 0 Å². The molecule has 0 aliphatic carbocycles. The van der Waals surface area contributed by atoms with Crippen LogP contribution in [0.5, 0.6) is 0 Å². The number of furan rings is 1. The van der Waals surface area contributed by atoms with E-state index in [1.807, 2.05) is 12.1 Å². The summed E-state index contributed by atoms with van der Waals surface area (Å²) in [4.78, 5) is 11.7. The van der Waals surface area contributed by atoms with Crippen LogP contribution in [0.4, 0.5) is 5.69 Å². The van der Waals surface area contributed by atoms with Crippen LogP contribution in [0.15, 0.2) is 40.8 Å². The van der Waals surface area contributed by atoms with Crippen molar-refractivity contribution in [3.05, 3.63) is 52.9 Å². The molecule has 0 unspecified atom stereocenters. The highest BCUT2D eigenvalue weighted by atomic mass is 35.5. The normalized spacial score (nSPS) is 10.3. The first-order chi connectivity index (χ1) is 8.69. The third-order valence-electron chi connectivity index (χ3n) is 2.41. The topological polar surface area (TPSA) is 62.5 Å². The van der Waals surface area contributed by atoms with Crippen molar-refractivity contribution in [2.75, 3.05) is 11.9 Å². The number of halogens is 1. The Hall–Kier alpha value is -1.78. The lowest BCUT2D eigenvalue weighted by Gasteiger charge is -2.04. The third kappa shape index (κ3) is 3.12. The summed E-state index contributed by atoms with van der Waals surface area (Å²) in [6, 6.07) is 10.3. The van der Waals surface area contributed by atoms with Gasteiger partial charge in [-0.1, -0.05) is 12.1 Å². The predicted octanol–water partition coefficient (Wildman–Crippen LogP) is 2.72. The lowest BCUT2D eigenvalue weighted by molar-refractivity contribution is 0.0997. The number of nitrogens with one attached hydrogen (secondary N) is 1. The molecule has 2 N–H and O–H groups in total. The van der Waals surface area contributed by atoms with Crippen molar-refractivity contribution in [3.8, 4) is 0 Å². The lowest BCUT2D eigenvalue weighted by atomic mass is 10.1. The van der Waals surface area contributed by atoms with E-state index in [0.29, 0.717) is 12.1 Å². The fourth-order valence-corrected chi connectivity index (χ4v) is 1.66. The van der Waals surface area contributed by atoms with Gasteiger partial charge in [0.1, 0.15) is 0 Å². The van der Waals surface area contributed by atoms with Crippen LogP contribution in [0, 0.1) is 0 Å². The Bertz CT molecular complexity index is 533. The van der Waals surface area contributed by atoms with Crippen molar-refractivity contribution in [2.24, 2.45) is 0 Å². The van der Waals surface area contributed by atoms with Gasteiger partial charge in [0.15, 0.2) is 11.0 Å². The second kappa shape index (κ2) is 5.71. The first-order valence-corrected chi connectivity index (χ1v) is 5.83. The number of carbonyl (C=O) groups is 1. The van der Waals surface area contributed by atoms with E-state index >= 15 is 0 Å². The number of hydrogen-bond donors (Lipinski definition) is 2. The van der Waals surface area contributed by atoms with E-state index in [4.69, 9.17) is 21.1 Å². The molecule has 2 aromatic rings. The molecule has 4 nitrogen and oxygen atoms in total. The Labute approximate surface area is 109 Å². The predicted molar refractivity (Wildman–Crippen MR) is 68.9 cm³/mol. The minimum atomic E-state index is -0.350. The van der Waals surface area contributed by atoms with E-state index < -0.39 is 0 Å². The zero-order valence-corrected chi connectivity index (χ0v) is 10.3. The molecular weight excluding hydrogens is 254 g/mol. The Morgan fingerprint density at radius 1 is 1.22 bits per heavy atom. The van der Waals surface area contributed by atoms with Gasteiger partial charge in [-0.25, -0.2) is 0 Å². The molecule has 1 aromatic carbocycles. The SMILES string of the molecule is O=C(Nc1ccc(CCO)cc1)c1ccc(Cl)o1. The summed E-state index contributed by atoms with van der Waals surface area (Å²) in [6.45, 7) is 0.108. The summed E-state index contributed by atoms with van der Waals surface area (Å²) in [5, 5.41) is 11.7. The molecule has 1 heterocycles. The third-order valence-corrected chi connectivity index (χ3v) is 2.61. The van der Waals surface area contributed by atoms with Gasteiger partial charge in [0.05, 0.1) is 0 Å². The summed E-state index contributed by atoms with van der Waals surface area (Å²) >= 11 is 5.59. The first-order valence-electron chi connectivity index (χ1n) is 5.45. The molecule has 0 aliphatic heterocycles. The maximum atomic E-state index is 11.7. The van der Waals surface area contributed by atoms with E-state index in [-0.39, 0.29) is 23.5 Å². The minimum absolute atomic E-state index is 0.108. The molecule has 0 bridgehead atoms. The molecule has 94 valence electrons. The van der Waals surface area contributed by atoms with Gasteiger partial charge < -0.3 is 14.8 Å². The van der Waals surface area contributed by atoms with Crippen LogP contribution in [0.3, 0.4) is 0 Å². The Morgan fingerprint density at radius 2 is 1.94 bits per heavy atom. The molecule has 0 aliphatic rings. The highest BCUT2D eigenvalue weighted by molar-refractivity contribution is 6.29. The minimum Gasteiger partial charge on any atom is -0.440 e. The molecule has 18 heavy (non-hydrogen) atoms.